The normalized spacial score (nSPS) is 17.3. The third-order valence-electron chi connectivity index (χ3n) is 4.48. The van der Waals surface area contributed by atoms with Gasteiger partial charge < -0.3 is 4.90 Å². The second-order valence-electron chi connectivity index (χ2n) is 7.47. The van der Waals surface area contributed by atoms with Gasteiger partial charge in [-0.2, -0.15) is 0 Å². The van der Waals surface area contributed by atoms with Gasteiger partial charge in [-0.05, 0) is 57.3 Å². The maximum atomic E-state index is 13.8. The van der Waals surface area contributed by atoms with Crippen molar-refractivity contribution in [1.82, 2.24) is 4.90 Å². The van der Waals surface area contributed by atoms with E-state index < -0.39 is 5.92 Å². The molecule has 1 fully saturated rings. The van der Waals surface area contributed by atoms with Crippen molar-refractivity contribution in [2.75, 3.05) is 13.1 Å². The van der Waals surface area contributed by atoms with E-state index in [4.69, 9.17) is 0 Å². The fraction of sp³-hybridized carbons (Fsp3) is 0.478. The minimum absolute atomic E-state index is 0.250. The summed E-state index contributed by atoms with van der Waals surface area (Å²) in [6.07, 6.45) is 10.8. The Morgan fingerprint density at radius 3 is 2.34 bits per heavy atom. The van der Waals surface area contributed by atoms with E-state index in [2.05, 4.69) is 35.0 Å². The maximum absolute atomic E-state index is 13.8. The fourth-order valence-electron chi connectivity index (χ4n) is 2.47. The van der Waals surface area contributed by atoms with E-state index in [1.165, 1.54) is 0 Å². The molecule has 0 aromatic rings. The predicted octanol–water partition coefficient (Wildman–Crippen LogP) is 6.99. The molecule has 0 aliphatic carbocycles. The topological polar surface area (TPSA) is 28.0 Å². The largest absolute Gasteiger partial charge is 0.363 e. The molecular formula is C23H33F2N3S. The molecular weight excluding hydrogens is 388 g/mol. The van der Waals surface area contributed by atoms with Crippen molar-refractivity contribution in [2.24, 2.45) is 15.9 Å². The highest BCUT2D eigenvalue weighted by Gasteiger charge is 2.29. The average Bonchev–Trinajstić information content (AvgIpc) is 2.66. The van der Waals surface area contributed by atoms with E-state index in [0.29, 0.717) is 15.8 Å². The molecule has 0 spiro atoms. The number of aliphatic imine (C=N–C) groups is 2. The van der Waals surface area contributed by atoms with Crippen LogP contribution in [0, 0.1) is 5.92 Å². The van der Waals surface area contributed by atoms with E-state index in [1.54, 1.807) is 24.3 Å². The monoisotopic (exact) mass is 421 g/mol. The molecule has 0 N–H and O–H groups in total. The number of thioether (sulfide) groups is 1. The number of likely N-dealkylation sites (tertiary alicyclic amines) is 1. The molecule has 0 saturated carbocycles. The second-order valence-corrected chi connectivity index (χ2v) is 8.53. The van der Waals surface area contributed by atoms with Crippen LogP contribution in [0.4, 0.5) is 8.78 Å². The molecule has 1 rings (SSSR count). The zero-order chi connectivity index (χ0) is 22.0. The van der Waals surface area contributed by atoms with Crippen LogP contribution in [0.3, 0.4) is 0 Å². The highest BCUT2D eigenvalue weighted by molar-refractivity contribution is 8.17. The molecule has 0 aromatic carbocycles. The minimum Gasteiger partial charge on any atom is -0.363 e. The highest BCUT2D eigenvalue weighted by atomic mass is 32.2. The number of allylic oxidation sites excluding steroid dienone is 5. The van der Waals surface area contributed by atoms with Crippen molar-refractivity contribution in [3.63, 3.8) is 0 Å². The van der Waals surface area contributed by atoms with Gasteiger partial charge in [-0.15, -0.1) is 0 Å². The van der Waals surface area contributed by atoms with Gasteiger partial charge in [-0.3, -0.25) is 0 Å². The van der Waals surface area contributed by atoms with Crippen molar-refractivity contribution in [3.05, 3.63) is 59.3 Å². The molecule has 0 radical (unpaired) electrons. The predicted molar refractivity (Wildman–Crippen MR) is 125 cm³/mol. The van der Waals surface area contributed by atoms with Gasteiger partial charge in [0.15, 0.2) is 5.82 Å². The number of hydrogen-bond donors (Lipinski definition) is 0. The Morgan fingerprint density at radius 1 is 1.24 bits per heavy atom. The summed E-state index contributed by atoms with van der Waals surface area (Å²) in [6.45, 7) is 18.1. The van der Waals surface area contributed by atoms with Gasteiger partial charge >= 0.3 is 0 Å². The summed E-state index contributed by atoms with van der Waals surface area (Å²) >= 11 is 1.11. The summed E-state index contributed by atoms with van der Waals surface area (Å²) in [6, 6.07) is 0. The van der Waals surface area contributed by atoms with Gasteiger partial charge in [0.05, 0.1) is 6.34 Å². The van der Waals surface area contributed by atoms with Crippen LogP contribution in [0.25, 0.3) is 0 Å². The van der Waals surface area contributed by atoms with Crippen LogP contribution in [-0.2, 0) is 0 Å². The summed E-state index contributed by atoms with van der Waals surface area (Å²) in [5.74, 6) is -1.71. The Kier molecular flexibility index (Phi) is 10.3. The zero-order valence-corrected chi connectivity index (χ0v) is 19.0. The van der Waals surface area contributed by atoms with Gasteiger partial charge in [0, 0.05) is 30.5 Å². The van der Waals surface area contributed by atoms with Crippen LogP contribution < -0.4 is 0 Å². The van der Waals surface area contributed by atoms with Crippen LogP contribution in [0.15, 0.2) is 69.3 Å². The molecule has 1 aliphatic rings. The minimum atomic E-state index is -3.02. The molecule has 0 unspecified atom stereocenters. The van der Waals surface area contributed by atoms with Crippen molar-refractivity contribution in [3.8, 4) is 0 Å². The molecule has 0 atom stereocenters. The SMILES string of the molecule is C=C/C(=N\C(/N=C/N1CCC(C)CC1)=C(C)C)S/C(=C/C=C\C)C(=C)C(C)(F)F. The smallest absolute Gasteiger partial charge is 0.271 e. The molecule has 6 heteroatoms. The van der Waals surface area contributed by atoms with E-state index in [-0.39, 0.29) is 5.57 Å². The fourth-order valence-corrected chi connectivity index (χ4v) is 3.36. The van der Waals surface area contributed by atoms with E-state index in [9.17, 15) is 8.78 Å². The Balaban J connectivity index is 3.08. The summed E-state index contributed by atoms with van der Waals surface area (Å²) in [4.78, 5) is 11.7. The Morgan fingerprint density at radius 2 is 1.86 bits per heavy atom. The molecule has 1 aliphatic heterocycles. The van der Waals surface area contributed by atoms with E-state index in [1.807, 2.05) is 27.1 Å². The second kappa shape index (κ2) is 11.9. The standard InChI is InChI=1S/C23H33F2N3S/c1-8-10-11-20(19(6)23(7,24)25)29-21(9-2)27-22(17(3)4)26-16-28-14-12-18(5)13-15-28/h8-11,16,18H,2,6,12-15H2,1,3-5,7H3/b10-8-,20-11+,26-16+,27-21+. The van der Waals surface area contributed by atoms with Crippen LogP contribution in [-0.4, -0.2) is 35.3 Å². The number of halogens is 2. The summed E-state index contributed by atoms with van der Waals surface area (Å²) in [5.41, 5.74) is 0.685. The lowest BCUT2D eigenvalue weighted by Gasteiger charge is -2.28. The molecule has 0 bridgehead atoms. The number of rotatable bonds is 8. The van der Waals surface area contributed by atoms with Gasteiger partial charge in [0.2, 0.25) is 0 Å². The molecule has 3 nitrogen and oxygen atoms in total. The number of alkyl halides is 2. The summed E-state index contributed by atoms with van der Waals surface area (Å²) < 4.78 is 27.6. The first-order valence-corrected chi connectivity index (χ1v) is 10.6. The first-order valence-electron chi connectivity index (χ1n) is 9.83. The van der Waals surface area contributed by atoms with Crippen LogP contribution in [0.5, 0.6) is 0 Å². The van der Waals surface area contributed by atoms with Crippen LogP contribution in [0.1, 0.15) is 47.5 Å². The first kappa shape index (κ1) is 25.1. The molecule has 0 aromatic heterocycles. The van der Waals surface area contributed by atoms with Crippen molar-refractivity contribution in [1.29, 1.82) is 0 Å². The Hall–Kier alpha value is -1.95. The number of piperidine rings is 1. The third kappa shape index (κ3) is 8.94. The van der Waals surface area contributed by atoms with Gasteiger partial charge in [0.1, 0.15) is 5.04 Å². The Labute approximate surface area is 178 Å². The van der Waals surface area contributed by atoms with Crippen molar-refractivity contribution >= 4 is 23.1 Å². The van der Waals surface area contributed by atoms with E-state index in [0.717, 1.165) is 56.1 Å². The molecule has 0 amide bonds. The maximum Gasteiger partial charge on any atom is 0.271 e. The van der Waals surface area contributed by atoms with Crippen LogP contribution in [0.2, 0.25) is 0 Å². The first-order chi connectivity index (χ1) is 13.6. The quantitative estimate of drug-likeness (QED) is 0.240. The molecule has 160 valence electrons. The van der Waals surface area contributed by atoms with Crippen molar-refractivity contribution in [2.45, 2.75) is 53.4 Å². The lowest BCUT2D eigenvalue weighted by Crippen LogP contribution is -2.31. The van der Waals surface area contributed by atoms with Crippen LogP contribution >= 0.6 is 11.8 Å². The number of hydrogen-bond acceptors (Lipinski definition) is 3. The van der Waals surface area contributed by atoms with Gasteiger partial charge in [0.25, 0.3) is 5.92 Å². The van der Waals surface area contributed by atoms with E-state index >= 15 is 0 Å². The molecule has 1 heterocycles. The lowest BCUT2D eigenvalue weighted by molar-refractivity contribution is 0.0675. The highest BCUT2D eigenvalue weighted by Crippen LogP contribution is 2.35. The summed E-state index contributed by atoms with van der Waals surface area (Å²) in [5, 5.41) is 0.492. The lowest BCUT2D eigenvalue weighted by atomic mass is 10.00. The Bertz CT molecular complexity index is 728. The third-order valence-corrected chi connectivity index (χ3v) is 5.55. The average molecular weight is 422 g/mol. The van der Waals surface area contributed by atoms with Gasteiger partial charge in [-0.25, -0.2) is 18.8 Å². The zero-order valence-electron chi connectivity index (χ0n) is 18.2. The van der Waals surface area contributed by atoms with Gasteiger partial charge in [-0.1, -0.05) is 44.0 Å². The summed E-state index contributed by atoms with van der Waals surface area (Å²) in [7, 11) is 0. The molecule has 1 saturated heterocycles. The van der Waals surface area contributed by atoms with Crippen molar-refractivity contribution < 1.29 is 8.78 Å². The molecule has 29 heavy (non-hydrogen) atoms. The number of nitrogens with zero attached hydrogens (tertiary/aromatic N) is 3.